The number of rotatable bonds is 12. The molecule has 2 aromatic rings. The number of hydrogen-bond donors (Lipinski definition) is 3. The smallest absolute Gasteiger partial charge is 0.408 e. The molecule has 16 nitrogen and oxygen atoms in total. The molecule has 11 atom stereocenters. The van der Waals surface area contributed by atoms with Crippen molar-refractivity contribution in [1.29, 1.82) is 0 Å². The largest absolute Gasteiger partial charge is 0.481 e. The molecule has 0 unspecified atom stereocenters. The van der Waals surface area contributed by atoms with Crippen LogP contribution >= 0.6 is 0 Å². The van der Waals surface area contributed by atoms with E-state index in [1.54, 1.807) is 109 Å². The Labute approximate surface area is 371 Å². The lowest BCUT2D eigenvalue weighted by molar-refractivity contribution is -0.322. The van der Waals surface area contributed by atoms with Gasteiger partial charge in [-0.15, -0.1) is 0 Å². The molecule has 16 heteroatoms. The standard InChI is InChI=1S/C48H57NO15/c1-25-31(60-42(56)37(61-34(53)20-19-33(51)52)36(28-15-11-9-12-16-28)49-43(57)64-44(4,5)6)23-48(58)40(62-41(55)29-17-13-10-14-18-29)38-46(39(54)26(2)35(25)45(48,7)8)22-30(46)21-32-47(38,24-59-32)63-27(3)50/h9-18,26,30-32,36-38,40,58H,19-24H2,1-8H3,(H,49,57)(H,51,52)/t26-,30-,31+,32-,36+,37-,38+,40+,46-,47+,48-/m1/s1. The molecule has 2 aromatic carbocycles. The molecule has 7 rings (SSSR count). The Hall–Kier alpha value is -5.61. The summed E-state index contributed by atoms with van der Waals surface area (Å²) in [6.07, 6.45) is -7.35. The third kappa shape index (κ3) is 8.07. The quantitative estimate of drug-likeness (QED) is 0.134. The Kier molecular flexibility index (Phi) is 12.1. The van der Waals surface area contributed by atoms with Crippen LogP contribution in [-0.2, 0) is 52.4 Å². The lowest BCUT2D eigenvalue weighted by Gasteiger charge is -2.64. The highest BCUT2D eigenvalue weighted by Gasteiger charge is 2.83. The lowest BCUT2D eigenvalue weighted by Crippen LogP contribution is -2.77. The van der Waals surface area contributed by atoms with Crippen LogP contribution in [0.4, 0.5) is 4.79 Å². The second kappa shape index (κ2) is 16.7. The summed E-state index contributed by atoms with van der Waals surface area (Å²) in [6.45, 7) is 12.9. The first-order valence-corrected chi connectivity index (χ1v) is 21.7. The number of aliphatic hydroxyl groups is 1. The highest BCUT2D eigenvalue weighted by molar-refractivity contribution is 5.94. The third-order valence-corrected chi connectivity index (χ3v) is 14.0. The second-order valence-electron chi connectivity index (χ2n) is 19.4. The Balaban J connectivity index is 1.36. The number of carbonyl (C=O) groups is 7. The van der Waals surface area contributed by atoms with E-state index in [1.165, 1.54) is 6.92 Å². The van der Waals surface area contributed by atoms with Gasteiger partial charge in [0.1, 0.15) is 41.3 Å². The van der Waals surface area contributed by atoms with E-state index >= 15 is 4.79 Å². The van der Waals surface area contributed by atoms with Gasteiger partial charge in [-0.2, -0.15) is 0 Å². The molecule has 1 spiro atoms. The summed E-state index contributed by atoms with van der Waals surface area (Å²) in [5.74, 6) is -7.42. The molecule has 3 saturated carbocycles. The zero-order valence-electron chi connectivity index (χ0n) is 37.3. The number of fused-ring (bicyclic) bond motifs is 4. The van der Waals surface area contributed by atoms with Gasteiger partial charge in [0, 0.05) is 30.1 Å². The maximum absolute atomic E-state index is 15.4. The van der Waals surface area contributed by atoms with Crippen molar-refractivity contribution in [3.8, 4) is 0 Å². The summed E-state index contributed by atoms with van der Waals surface area (Å²) in [5.41, 5.74) is -5.82. The van der Waals surface area contributed by atoms with Gasteiger partial charge >= 0.3 is 35.9 Å². The average molecular weight is 888 g/mol. The maximum Gasteiger partial charge on any atom is 0.408 e. The predicted molar refractivity (Wildman–Crippen MR) is 224 cm³/mol. The molecule has 1 aliphatic heterocycles. The molecule has 3 N–H and O–H groups in total. The van der Waals surface area contributed by atoms with E-state index in [9.17, 15) is 39.0 Å². The molecule has 5 aliphatic rings. The summed E-state index contributed by atoms with van der Waals surface area (Å²) in [5, 5.41) is 25.7. The Morgan fingerprint density at radius 3 is 2.16 bits per heavy atom. The molecule has 0 radical (unpaired) electrons. The molecule has 1 saturated heterocycles. The first-order chi connectivity index (χ1) is 30.0. The first kappa shape index (κ1) is 46.4. The number of ketones is 1. The van der Waals surface area contributed by atoms with Crippen LogP contribution < -0.4 is 5.32 Å². The number of amides is 1. The molecule has 64 heavy (non-hydrogen) atoms. The number of Topliss-reactive ketones (excluding diaryl/α,β-unsaturated/α-hetero) is 1. The van der Waals surface area contributed by atoms with E-state index in [-0.39, 0.29) is 23.9 Å². The van der Waals surface area contributed by atoms with Crippen LogP contribution in [0, 0.1) is 28.6 Å². The highest BCUT2D eigenvalue weighted by Crippen LogP contribution is 2.75. The molecule has 2 bridgehead atoms. The fourth-order valence-electron chi connectivity index (χ4n) is 11.2. The normalized spacial score (nSPS) is 31.9. The minimum absolute atomic E-state index is 0.117. The maximum atomic E-state index is 15.4. The van der Waals surface area contributed by atoms with Crippen molar-refractivity contribution >= 4 is 41.7 Å². The fraction of sp³-hybridized carbons (Fsp3) is 0.562. The van der Waals surface area contributed by atoms with Crippen LogP contribution in [0.5, 0.6) is 0 Å². The number of nitrogens with one attached hydrogen (secondary N) is 1. The van der Waals surface area contributed by atoms with Crippen LogP contribution in [0.3, 0.4) is 0 Å². The van der Waals surface area contributed by atoms with Crippen LogP contribution in [0.15, 0.2) is 71.8 Å². The van der Waals surface area contributed by atoms with E-state index in [0.29, 0.717) is 29.6 Å². The number of carboxylic acids is 1. The van der Waals surface area contributed by atoms with Crippen molar-refractivity contribution in [1.82, 2.24) is 5.32 Å². The van der Waals surface area contributed by atoms with Crippen LogP contribution in [0.1, 0.15) is 109 Å². The minimum atomic E-state index is -2.15. The van der Waals surface area contributed by atoms with E-state index in [4.69, 9.17) is 28.4 Å². The van der Waals surface area contributed by atoms with Gasteiger partial charge in [-0.25, -0.2) is 14.4 Å². The fourth-order valence-corrected chi connectivity index (χ4v) is 11.2. The monoisotopic (exact) mass is 887 g/mol. The molecule has 344 valence electrons. The van der Waals surface area contributed by atoms with Crippen molar-refractivity contribution in [2.75, 3.05) is 6.61 Å². The van der Waals surface area contributed by atoms with Crippen molar-refractivity contribution in [2.24, 2.45) is 28.6 Å². The van der Waals surface area contributed by atoms with Gasteiger partial charge in [-0.1, -0.05) is 69.3 Å². The Bertz CT molecular complexity index is 2250. The van der Waals surface area contributed by atoms with Gasteiger partial charge in [0.25, 0.3) is 0 Å². The van der Waals surface area contributed by atoms with Gasteiger partial charge < -0.3 is 44.0 Å². The van der Waals surface area contributed by atoms with E-state index in [1.807, 2.05) is 0 Å². The Morgan fingerprint density at radius 1 is 0.938 bits per heavy atom. The molecular formula is C48H57NO15. The number of esters is 4. The lowest BCUT2D eigenvalue weighted by atomic mass is 9.47. The predicted octanol–water partition coefficient (Wildman–Crippen LogP) is 5.59. The van der Waals surface area contributed by atoms with Crippen molar-refractivity contribution in [2.45, 2.75) is 135 Å². The van der Waals surface area contributed by atoms with Crippen molar-refractivity contribution < 1.29 is 72.2 Å². The van der Waals surface area contributed by atoms with Crippen molar-refractivity contribution in [3.05, 3.63) is 82.9 Å². The van der Waals surface area contributed by atoms with Crippen LogP contribution in [0.25, 0.3) is 0 Å². The van der Waals surface area contributed by atoms with E-state index < -0.39 is 125 Å². The summed E-state index contributed by atoms with van der Waals surface area (Å²) < 4.78 is 36.3. The molecule has 4 aliphatic carbocycles. The molecule has 4 fully saturated rings. The number of carboxylic acid groups (broad SMARTS) is 1. The average Bonchev–Trinajstić information content (AvgIpc) is 3.95. The minimum Gasteiger partial charge on any atom is -0.481 e. The van der Waals surface area contributed by atoms with Gasteiger partial charge in [-0.3, -0.25) is 19.2 Å². The van der Waals surface area contributed by atoms with Crippen molar-refractivity contribution in [3.63, 3.8) is 0 Å². The number of hydrogen-bond acceptors (Lipinski definition) is 14. The highest BCUT2D eigenvalue weighted by atomic mass is 16.6. The van der Waals surface area contributed by atoms with E-state index in [0.717, 1.165) is 0 Å². The summed E-state index contributed by atoms with van der Waals surface area (Å²) >= 11 is 0. The SMILES string of the molecule is CC(=O)O[C@@]12CO[C@@H]1C[C@@H]1C[C@@]13C(=O)[C@H](C)C1=C(C)[C@@H](OC(=O)[C@H](OC(=O)CCC(=O)O)[C@@H](NC(=O)OC(C)(C)C)c4ccccc4)C[C@@](O)([C@@H](OC(=O)c4ccccc4)[C@H]23)C1(C)C. The van der Waals surface area contributed by atoms with Crippen LogP contribution in [0.2, 0.25) is 0 Å². The molecule has 0 aromatic heterocycles. The number of aliphatic carboxylic acids is 1. The topological polar surface area (TPSA) is 227 Å². The Morgan fingerprint density at radius 2 is 1.58 bits per heavy atom. The number of benzene rings is 2. The number of ether oxygens (including phenoxy) is 6. The van der Waals surface area contributed by atoms with Crippen LogP contribution in [-0.4, -0.2) is 99.8 Å². The second-order valence-corrected chi connectivity index (χ2v) is 19.4. The number of alkyl carbamates (subject to hydrolysis) is 1. The molecular weight excluding hydrogens is 831 g/mol. The zero-order chi connectivity index (χ0) is 46.7. The van der Waals surface area contributed by atoms with Gasteiger partial charge in [0.2, 0.25) is 6.10 Å². The van der Waals surface area contributed by atoms with E-state index in [2.05, 4.69) is 5.32 Å². The summed E-state index contributed by atoms with van der Waals surface area (Å²) in [7, 11) is 0. The first-order valence-electron chi connectivity index (χ1n) is 21.7. The number of carbonyl (C=O) groups excluding carboxylic acids is 6. The zero-order valence-corrected chi connectivity index (χ0v) is 37.3. The van der Waals surface area contributed by atoms with Gasteiger partial charge in [-0.05, 0) is 75.3 Å². The van der Waals surface area contributed by atoms with Gasteiger partial charge in [0.15, 0.2) is 5.60 Å². The molecule has 1 heterocycles. The third-order valence-electron chi connectivity index (χ3n) is 14.0. The summed E-state index contributed by atoms with van der Waals surface area (Å²) in [4.78, 5) is 95.6. The van der Waals surface area contributed by atoms with Gasteiger partial charge in [0.05, 0.1) is 30.9 Å². The molecule has 1 amide bonds. The summed E-state index contributed by atoms with van der Waals surface area (Å²) in [6, 6.07) is 14.8.